The molecule has 0 aliphatic rings. The van der Waals surface area contributed by atoms with Gasteiger partial charge in [0.05, 0.1) is 5.69 Å². The minimum absolute atomic E-state index is 0.996. The minimum Gasteiger partial charge on any atom is -0.351 e. The average molecular weight is 231 g/mol. The van der Waals surface area contributed by atoms with E-state index in [0.29, 0.717) is 0 Å². The van der Waals surface area contributed by atoms with Crippen molar-refractivity contribution in [2.45, 2.75) is 13.3 Å². The zero-order valence-electron chi connectivity index (χ0n) is 6.02. The quantitative estimate of drug-likeness (QED) is 0.803. The number of rotatable bonds is 1. The summed E-state index contributed by atoms with van der Waals surface area (Å²) in [6, 6.07) is 0. The molecule has 0 unspecified atom stereocenters. The maximum atomic E-state index is 4.32. The first-order chi connectivity index (χ1) is 5.33. The SMILES string of the molecule is CCc1nsc2[nH]cc(Br)c12. The number of hydrogen-bond acceptors (Lipinski definition) is 2. The molecule has 0 bridgehead atoms. The van der Waals surface area contributed by atoms with Crippen LogP contribution in [-0.2, 0) is 6.42 Å². The molecule has 1 N–H and O–H groups in total. The maximum Gasteiger partial charge on any atom is 0.122 e. The van der Waals surface area contributed by atoms with Gasteiger partial charge in [-0.15, -0.1) is 0 Å². The lowest BCUT2D eigenvalue weighted by molar-refractivity contribution is 1.10. The fourth-order valence-electron chi connectivity index (χ4n) is 1.11. The first-order valence-corrected chi connectivity index (χ1v) is 5.00. The molecule has 2 aromatic heterocycles. The molecule has 2 nitrogen and oxygen atoms in total. The highest BCUT2D eigenvalue weighted by molar-refractivity contribution is 9.10. The molecule has 58 valence electrons. The highest BCUT2D eigenvalue weighted by Crippen LogP contribution is 2.29. The number of hydrogen-bond donors (Lipinski definition) is 1. The monoisotopic (exact) mass is 230 g/mol. The zero-order chi connectivity index (χ0) is 7.84. The van der Waals surface area contributed by atoms with E-state index in [4.69, 9.17) is 0 Å². The van der Waals surface area contributed by atoms with Gasteiger partial charge < -0.3 is 4.98 Å². The van der Waals surface area contributed by atoms with Gasteiger partial charge in [0.25, 0.3) is 0 Å². The fourth-order valence-corrected chi connectivity index (χ4v) is 2.64. The third kappa shape index (κ3) is 1.01. The van der Waals surface area contributed by atoms with Gasteiger partial charge in [0.1, 0.15) is 4.83 Å². The van der Waals surface area contributed by atoms with Gasteiger partial charge in [-0.3, -0.25) is 0 Å². The van der Waals surface area contributed by atoms with Crippen LogP contribution in [0.1, 0.15) is 12.6 Å². The summed E-state index contributed by atoms with van der Waals surface area (Å²) in [6.45, 7) is 2.12. The molecule has 0 saturated heterocycles. The lowest BCUT2D eigenvalue weighted by Gasteiger charge is -1.86. The molecular weight excluding hydrogens is 224 g/mol. The van der Waals surface area contributed by atoms with Crippen LogP contribution in [0.25, 0.3) is 10.2 Å². The van der Waals surface area contributed by atoms with Crippen LogP contribution in [-0.4, -0.2) is 9.36 Å². The van der Waals surface area contributed by atoms with E-state index in [1.54, 1.807) is 0 Å². The average Bonchev–Trinajstić information content (AvgIpc) is 2.54. The van der Waals surface area contributed by atoms with Crippen molar-refractivity contribution in [2.75, 3.05) is 0 Å². The molecule has 0 spiro atoms. The summed E-state index contributed by atoms with van der Waals surface area (Å²) < 4.78 is 5.44. The molecule has 0 saturated carbocycles. The second-order valence-corrected chi connectivity index (χ2v) is 3.95. The number of aromatic nitrogens is 2. The van der Waals surface area contributed by atoms with Gasteiger partial charge in [-0.25, -0.2) is 0 Å². The molecule has 0 amide bonds. The third-order valence-electron chi connectivity index (χ3n) is 1.67. The van der Waals surface area contributed by atoms with Crippen LogP contribution in [0.4, 0.5) is 0 Å². The molecule has 0 aliphatic carbocycles. The van der Waals surface area contributed by atoms with Crippen molar-refractivity contribution in [3.63, 3.8) is 0 Å². The summed E-state index contributed by atoms with van der Waals surface area (Å²) in [5.41, 5.74) is 1.18. The summed E-state index contributed by atoms with van der Waals surface area (Å²) in [7, 11) is 0. The van der Waals surface area contributed by atoms with Crippen molar-refractivity contribution in [2.24, 2.45) is 0 Å². The van der Waals surface area contributed by atoms with E-state index < -0.39 is 0 Å². The Bertz CT molecular complexity index is 377. The molecule has 2 rings (SSSR count). The Balaban J connectivity index is 2.80. The van der Waals surface area contributed by atoms with Gasteiger partial charge in [-0.05, 0) is 33.9 Å². The number of nitrogens with one attached hydrogen (secondary N) is 1. The number of nitrogens with zero attached hydrogens (tertiary/aromatic N) is 1. The fraction of sp³-hybridized carbons (Fsp3) is 0.286. The summed E-state index contributed by atoms with van der Waals surface area (Å²) >= 11 is 5.00. The lowest BCUT2D eigenvalue weighted by atomic mass is 10.2. The molecule has 0 aromatic carbocycles. The maximum absolute atomic E-state index is 4.32. The van der Waals surface area contributed by atoms with E-state index in [1.807, 2.05) is 6.20 Å². The van der Waals surface area contributed by atoms with Gasteiger partial charge in [0.15, 0.2) is 0 Å². The Kier molecular flexibility index (Phi) is 1.73. The van der Waals surface area contributed by atoms with Crippen molar-refractivity contribution >= 4 is 37.7 Å². The zero-order valence-corrected chi connectivity index (χ0v) is 8.42. The standard InChI is InChI=1S/C7H7BrN2S/c1-2-5-6-4(8)3-9-7(6)11-10-5/h3,9H,2H2,1H3. The van der Waals surface area contributed by atoms with Crippen LogP contribution >= 0.6 is 27.5 Å². The Labute approximate surface area is 76.9 Å². The van der Waals surface area contributed by atoms with E-state index in [-0.39, 0.29) is 0 Å². The number of H-pyrrole nitrogens is 1. The van der Waals surface area contributed by atoms with Crippen LogP contribution in [0.2, 0.25) is 0 Å². The number of fused-ring (bicyclic) bond motifs is 1. The normalized spacial score (nSPS) is 11.1. The first kappa shape index (κ1) is 7.31. The highest BCUT2D eigenvalue weighted by Gasteiger charge is 2.08. The molecule has 0 aliphatic heterocycles. The van der Waals surface area contributed by atoms with E-state index in [2.05, 4.69) is 32.2 Å². The predicted octanol–water partition coefficient (Wildman–Crippen LogP) is 2.95. The van der Waals surface area contributed by atoms with Crippen LogP contribution in [0.3, 0.4) is 0 Å². The first-order valence-electron chi connectivity index (χ1n) is 3.44. The van der Waals surface area contributed by atoms with Crippen LogP contribution in [0.15, 0.2) is 10.7 Å². The van der Waals surface area contributed by atoms with Crippen LogP contribution in [0.5, 0.6) is 0 Å². The van der Waals surface area contributed by atoms with Crippen molar-refractivity contribution in [3.8, 4) is 0 Å². The Morgan fingerprint density at radius 2 is 2.55 bits per heavy atom. The minimum atomic E-state index is 0.996. The highest BCUT2D eigenvalue weighted by atomic mass is 79.9. The number of aromatic amines is 1. The van der Waals surface area contributed by atoms with E-state index in [0.717, 1.165) is 15.7 Å². The molecule has 4 heteroatoms. The molecular formula is C7H7BrN2S. The predicted molar refractivity (Wildman–Crippen MR) is 51.0 cm³/mol. The van der Waals surface area contributed by atoms with Gasteiger partial charge in [0, 0.05) is 16.1 Å². The largest absolute Gasteiger partial charge is 0.351 e. The topological polar surface area (TPSA) is 28.7 Å². The van der Waals surface area contributed by atoms with Crippen molar-refractivity contribution in [1.82, 2.24) is 9.36 Å². The van der Waals surface area contributed by atoms with Gasteiger partial charge in [-0.2, -0.15) is 4.37 Å². The third-order valence-corrected chi connectivity index (χ3v) is 3.11. The Morgan fingerprint density at radius 3 is 3.27 bits per heavy atom. The van der Waals surface area contributed by atoms with E-state index in [1.165, 1.54) is 22.6 Å². The van der Waals surface area contributed by atoms with Gasteiger partial charge in [-0.1, -0.05) is 6.92 Å². The smallest absolute Gasteiger partial charge is 0.122 e. The van der Waals surface area contributed by atoms with Gasteiger partial charge >= 0.3 is 0 Å². The van der Waals surface area contributed by atoms with Crippen LogP contribution in [0, 0.1) is 0 Å². The van der Waals surface area contributed by atoms with E-state index in [9.17, 15) is 0 Å². The molecule has 11 heavy (non-hydrogen) atoms. The Hall–Kier alpha value is -0.350. The summed E-state index contributed by atoms with van der Waals surface area (Å²) in [6.07, 6.45) is 2.96. The second kappa shape index (κ2) is 2.60. The van der Waals surface area contributed by atoms with Gasteiger partial charge in [0.2, 0.25) is 0 Å². The number of halogens is 1. The van der Waals surface area contributed by atoms with Crippen molar-refractivity contribution in [1.29, 1.82) is 0 Å². The molecule has 2 heterocycles. The molecule has 0 radical (unpaired) electrons. The lowest BCUT2D eigenvalue weighted by Crippen LogP contribution is -1.76. The number of aryl methyl sites for hydroxylation is 1. The molecule has 0 fully saturated rings. The summed E-state index contributed by atoms with van der Waals surface area (Å²) in [5.74, 6) is 0. The molecule has 0 atom stereocenters. The van der Waals surface area contributed by atoms with Crippen molar-refractivity contribution < 1.29 is 0 Å². The van der Waals surface area contributed by atoms with Crippen molar-refractivity contribution in [3.05, 3.63) is 16.4 Å². The van der Waals surface area contributed by atoms with Crippen LogP contribution < -0.4 is 0 Å². The van der Waals surface area contributed by atoms with E-state index >= 15 is 0 Å². The second-order valence-electron chi connectivity index (χ2n) is 2.32. The Morgan fingerprint density at radius 1 is 1.73 bits per heavy atom. The molecule has 2 aromatic rings. The summed E-state index contributed by atoms with van der Waals surface area (Å²) in [5, 5.41) is 1.25. The summed E-state index contributed by atoms with van der Waals surface area (Å²) in [4.78, 5) is 4.31.